The summed E-state index contributed by atoms with van der Waals surface area (Å²) in [5.41, 5.74) is 3.62. The van der Waals surface area contributed by atoms with E-state index in [-0.39, 0.29) is 12.1 Å². The third kappa shape index (κ3) is 4.81. The highest BCUT2D eigenvalue weighted by atomic mass is 16.3. The number of aromatic nitrogens is 2. The van der Waals surface area contributed by atoms with Crippen LogP contribution in [-0.4, -0.2) is 27.3 Å². The Kier molecular flexibility index (Phi) is 6.21. The molecule has 0 radical (unpaired) electrons. The normalized spacial score (nSPS) is 14.7. The van der Waals surface area contributed by atoms with E-state index >= 15 is 0 Å². The second-order valence-electron chi connectivity index (χ2n) is 6.88. The maximum atomic E-state index is 9.85. The molecular formula is C22H27N3O. The maximum absolute atomic E-state index is 9.85. The van der Waals surface area contributed by atoms with E-state index in [4.69, 9.17) is 0 Å². The summed E-state index contributed by atoms with van der Waals surface area (Å²) >= 11 is 0. The topological polar surface area (TPSA) is 50.1 Å². The first-order valence-corrected chi connectivity index (χ1v) is 9.18. The van der Waals surface area contributed by atoms with Crippen molar-refractivity contribution in [1.82, 2.24) is 14.9 Å². The third-order valence-electron chi connectivity index (χ3n) is 4.76. The zero-order valence-electron chi connectivity index (χ0n) is 15.4. The number of nitrogens with zero attached hydrogens (tertiary/aromatic N) is 2. The average Bonchev–Trinajstić information content (AvgIpc) is 3.20. The van der Waals surface area contributed by atoms with Crippen LogP contribution in [0.2, 0.25) is 0 Å². The fourth-order valence-corrected chi connectivity index (χ4v) is 3.26. The van der Waals surface area contributed by atoms with Gasteiger partial charge in [0.05, 0.1) is 12.4 Å². The highest BCUT2D eigenvalue weighted by Crippen LogP contribution is 2.22. The van der Waals surface area contributed by atoms with Crippen LogP contribution in [0.5, 0.6) is 0 Å². The molecule has 4 nitrogen and oxygen atoms in total. The highest BCUT2D eigenvalue weighted by Gasteiger charge is 2.15. The van der Waals surface area contributed by atoms with Crippen LogP contribution in [0.15, 0.2) is 73.3 Å². The van der Waals surface area contributed by atoms with Crippen LogP contribution >= 0.6 is 0 Å². The van der Waals surface area contributed by atoms with Gasteiger partial charge in [0, 0.05) is 30.7 Å². The van der Waals surface area contributed by atoms with Gasteiger partial charge < -0.3 is 15.0 Å². The molecule has 3 aromatic rings. The molecule has 0 saturated heterocycles. The van der Waals surface area contributed by atoms with Crippen LogP contribution in [0.25, 0.3) is 5.69 Å². The van der Waals surface area contributed by atoms with Crippen molar-refractivity contribution in [2.75, 3.05) is 6.54 Å². The second-order valence-corrected chi connectivity index (χ2v) is 6.88. The van der Waals surface area contributed by atoms with Gasteiger partial charge in [-0.05, 0) is 49.4 Å². The number of benzene rings is 2. The van der Waals surface area contributed by atoms with Crippen molar-refractivity contribution in [3.05, 3.63) is 84.4 Å². The van der Waals surface area contributed by atoms with E-state index in [1.54, 1.807) is 12.5 Å². The van der Waals surface area contributed by atoms with E-state index < -0.39 is 0 Å². The van der Waals surface area contributed by atoms with Gasteiger partial charge in [0.25, 0.3) is 0 Å². The summed E-state index contributed by atoms with van der Waals surface area (Å²) in [5, 5.41) is 13.5. The summed E-state index contributed by atoms with van der Waals surface area (Å²) in [5.74, 6) is 0.295. The van der Waals surface area contributed by atoms with Crippen LogP contribution in [-0.2, 0) is 0 Å². The predicted octanol–water partition coefficient (Wildman–Crippen LogP) is 4.08. The van der Waals surface area contributed by atoms with Crippen molar-refractivity contribution < 1.29 is 5.11 Å². The van der Waals surface area contributed by atoms with Gasteiger partial charge in [-0.3, -0.25) is 0 Å². The lowest BCUT2D eigenvalue weighted by molar-refractivity contribution is 0.173. The van der Waals surface area contributed by atoms with E-state index in [0.717, 1.165) is 18.7 Å². The smallest absolute Gasteiger partial charge is 0.0991 e. The number of aliphatic hydroxyl groups excluding tert-OH is 1. The van der Waals surface area contributed by atoms with Gasteiger partial charge in [-0.15, -0.1) is 0 Å². The van der Waals surface area contributed by atoms with Crippen molar-refractivity contribution in [3.8, 4) is 5.69 Å². The van der Waals surface area contributed by atoms with Crippen molar-refractivity contribution in [2.45, 2.75) is 38.3 Å². The summed E-state index contributed by atoms with van der Waals surface area (Å²) in [7, 11) is 0. The van der Waals surface area contributed by atoms with E-state index in [2.05, 4.69) is 65.8 Å². The van der Waals surface area contributed by atoms with Crippen molar-refractivity contribution in [2.24, 2.45) is 0 Å². The molecular weight excluding hydrogens is 322 g/mol. The number of rotatable bonds is 8. The largest absolute Gasteiger partial charge is 0.393 e. The molecule has 26 heavy (non-hydrogen) atoms. The lowest BCUT2D eigenvalue weighted by Crippen LogP contribution is -2.26. The molecule has 1 heterocycles. The monoisotopic (exact) mass is 349 g/mol. The predicted molar refractivity (Wildman–Crippen MR) is 105 cm³/mol. The average molecular weight is 349 g/mol. The van der Waals surface area contributed by atoms with E-state index in [9.17, 15) is 5.11 Å². The van der Waals surface area contributed by atoms with Gasteiger partial charge in [0.1, 0.15) is 0 Å². The number of nitrogens with one attached hydrogen (secondary N) is 1. The van der Waals surface area contributed by atoms with E-state index in [1.807, 2.05) is 23.8 Å². The Morgan fingerprint density at radius 3 is 2.35 bits per heavy atom. The summed E-state index contributed by atoms with van der Waals surface area (Å²) in [6.07, 6.45) is 5.97. The van der Waals surface area contributed by atoms with Gasteiger partial charge in [-0.2, -0.15) is 0 Å². The molecule has 3 atom stereocenters. The van der Waals surface area contributed by atoms with Gasteiger partial charge in [0.15, 0.2) is 0 Å². The first-order valence-electron chi connectivity index (χ1n) is 9.18. The van der Waals surface area contributed by atoms with Crippen LogP contribution in [0, 0.1) is 0 Å². The highest BCUT2D eigenvalue weighted by molar-refractivity contribution is 5.35. The fourth-order valence-electron chi connectivity index (χ4n) is 3.26. The lowest BCUT2D eigenvalue weighted by Gasteiger charge is -2.23. The van der Waals surface area contributed by atoms with Gasteiger partial charge in [-0.25, -0.2) is 4.98 Å². The Balaban J connectivity index is 1.63. The number of imidazole rings is 1. The van der Waals surface area contributed by atoms with Crippen molar-refractivity contribution in [3.63, 3.8) is 0 Å². The quantitative estimate of drug-likeness (QED) is 0.644. The van der Waals surface area contributed by atoms with E-state index in [1.165, 1.54) is 11.1 Å². The molecule has 0 aliphatic rings. The summed E-state index contributed by atoms with van der Waals surface area (Å²) < 4.78 is 2.00. The summed E-state index contributed by atoms with van der Waals surface area (Å²) in [6, 6.07) is 19.2. The van der Waals surface area contributed by atoms with E-state index in [0.29, 0.717) is 5.92 Å². The van der Waals surface area contributed by atoms with Crippen molar-refractivity contribution >= 4 is 0 Å². The molecule has 0 saturated carbocycles. The van der Waals surface area contributed by atoms with Crippen LogP contribution in [0.4, 0.5) is 0 Å². The molecule has 0 fully saturated rings. The lowest BCUT2D eigenvalue weighted by atomic mass is 9.93. The molecule has 0 bridgehead atoms. The molecule has 3 unspecified atom stereocenters. The maximum Gasteiger partial charge on any atom is 0.0991 e. The van der Waals surface area contributed by atoms with Crippen LogP contribution in [0.1, 0.15) is 43.4 Å². The molecule has 0 aliphatic carbocycles. The van der Waals surface area contributed by atoms with Gasteiger partial charge in [-0.1, -0.05) is 42.5 Å². The molecule has 2 N–H and O–H groups in total. The molecule has 4 heteroatoms. The Bertz CT molecular complexity index is 767. The minimum Gasteiger partial charge on any atom is -0.393 e. The Hall–Kier alpha value is -2.43. The molecule has 3 rings (SSSR count). The summed E-state index contributed by atoms with van der Waals surface area (Å²) in [6.45, 7) is 4.87. The van der Waals surface area contributed by atoms with Gasteiger partial charge >= 0.3 is 0 Å². The first-order chi connectivity index (χ1) is 12.6. The van der Waals surface area contributed by atoms with Crippen molar-refractivity contribution in [1.29, 1.82) is 0 Å². The van der Waals surface area contributed by atoms with Crippen LogP contribution in [0.3, 0.4) is 0 Å². The Labute approximate surface area is 155 Å². The fraction of sp³-hybridized carbons (Fsp3) is 0.318. The molecule has 0 amide bonds. The molecule has 0 aliphatic heterocycles. The zero-order valence-corrected chi connectivity index (χ0v) is 15.4. The molecule has 2 aromatic carbocycles. The zero-order chi connectivity index (χ0) is 18.4. The minimum atomic E-state index is -0.313. The summed E-state index contributed by atoms with van der Waals surface area (Å²) in [4.78, 5) is 4.09. The standard InChI is InChI=1S/C22H27N3O/c1-17(26)14-21(20-6-4-3-5-7-20)15-24-18(2)19-8-10-22(11-9-19)25-13-12-23-16-25/h3-13,16-18,21,24,26H,14-15H2,1-2H3. The molecule has 0 spiro atoms. The Morgan fingerprint density at radius 2 is 1.73 bits per heavy atom. The first kappa shape index (κ1) is 18.4. The third-order valence-corrected chi connectivity index (χ3v) is 4.76. The van der Waals surface area contributed by atoms with Gasteiger partial charge in [0.2, 0.25) is 0 Å². The Morgan fingerprint density at radius 1 is 1.00 bits per heavy atom. The SMILES string of the molecule is CC(O)CC(CNC(C)c1ccc(-n2ccnc2)cc1)c1ccccc1. The number of hydrogen-bond donors (Lipinski definition) is 2. The minimum absolute atomic E-state index is 0.243. The number of aliphatic hydroxyl groups is 1. The van der Waals surface area contributed by atoms with Crippen LogP contribution < -0.4 is 5.32 Å². The second kappa shape index (κ2) is 8.79. The number of hydrogen-bond acceptors (Lipinski definition) is 3. The molecule has 1 aromatic heterocycles. The molecule has 136 valence electrons.